The van der Waals surface area contributed by atoms with Crippen LogP contribution in [0.2, 0.25) is 0 Å². The van der Waals surface area contributed by atoms with Gasteiger partial charge in [-0.1, -0.05) is 42.5 Å². The molecule has 0 aliphatic carbocycles. The predicted octanol–water partition coefficient (Wildman–Crippen LogP) is 2.89. The molecule has 0 atom stereocenters. The van der Waals surface area contributed by atoms with Gasteiger partial charge in [-0.05, 0) is 24.1 Å². The minimum Gasteiger partial charge on any atom is -0.341 e. The molecule has 1 fully saturated rings. The number of benzene rings is 2. The van der Waals surface area contributed by atoms with Crippen molar-refractivity contribution in [3.05, 3.63) is 65.7 Å². The van der Waals surface area contributed by atoms with Crippen LogP contribution in [0.1, 0.15) is 22.3 Å². The van der Waals surface area contributed by atoms with Crippen LogP contribution < -0.4 is 0 Å². The topological polar surface area (TPSA) is 40.6 Å². The lowest BCUT2D eigenvalue weighted by Crippen LogP contribution is -2.38. The van der Waals surface area contributed by atoms with Gasteiger partial charge in [-0.2, -0.15) is 0 Å². The van der Waals surface area contributed by atoms with Gasteiger partial charge in [-0.25, -0.2) is 0 Å². The molecule has 1 aliphatic rings. The summed E-state index contributed by atoms with van der Waals surface area (Å²) in [6.45, 7) is 2.49. The number of rotatable bonds is 3. The third-order valence-corrected chi connectivity index (χ3v) is 4.86. The van der Waals surface area contributed by atoms with Gasteiger partial charge in [0.1, 0.15) is 0 Å². The second-order valence-corrected chi connectivity index (χ2v) is 6.69. The highest BCUT2D eigenvalue weighted by Gasteiger charge is 2.23. The summed E-state index contributed by atoms with van der Waals surface area (Å²) in [5, 5.41) is 0. The first-order valence-electron chi connectivity index (χ1n) is 8.54. The summed E-state index contributed by atoms with van der Waals surface area (Å²) in [6, 6.07) is 17.1. The number of nitrogens with zero attached hydrogens (tertiary/aromatic N) is 2. The van der Waals surface area contributed by atoms with Crippen LogP contribution in [0.15, 0.2) is 59.5 Å². The first kappa shape index (κ1) is 17.5. The van der Waals surface area contributed by atoms with Gasteiger partial charge in [0, 0.05) is 31.1 Å². The molecule has 3 rings (SSSR count). The van der Waals surface area contributed by atoms with Crippen LogP contribution in [0.3, 0.4) is 0 Å². The molecule has 0 saturated carbocycles. The number of carbonyl (C=O) groups is 2. The molecule has 4 nitrogen and oxygen atoms in total. The molecule has 0 N–H and O–H groups in total. The van der Waals surface area contributed by atoms with Crippen LogP contribution >= 0.6 is 12.6 Å². The molecule has 0 aromatic heterocycles. The van der Waals surface area contributed by atoms with Crippen LogP contribution in [0.4, 0.5) is 0 Å². The Bertz CT molecular complexity index is 748. The Morgan fingerprint density at radius 3 is 2.24 bits per heavy atom. The second-order valence-electron chi connectivity index (χ2n) is 6.21. The van der Waals surface area contributed by atoms with Crippen LogP contribution in [-0.2, 0) is 11.2 Å². The highest BCUT2D eigenvalue weighted by atomic mass is 32.1. The Morgan fingerprint density at radius 2 is 1.48 bits per heavy atom. The van der Waals surface area contributed by atoms with Crippen LogP contribution in [-0.4, -0.2) is 47.8 Å². The highest BCUT2D eigenvalue weighted by molar-refractivity contribution is 7.80. The van der Waals surface area contributed by atoms with E-state index in [0.717, 1.165) is 12.0 Å². The van der Waals surface area contributed by atoms with Gasteiger partial charge in [-0.15, -0.1) is 12.6 Å². The Hall–Kier alpha value is -2.27. The fourth-order valence-corrected chi connectivity index (χ4v) is 3.33. The molecular weight excluding hydrogens is 332 g/mol. The van der Waals surface area contributed by atoms with E-state index in [4.69, 9.17) is 0 Å². The minimum atomic E-state index is -0.0111. The van der Waals surface area contributed by atoms with Crippen LogP contribution in [0, 0.1) is 0 Å². The molecule has 1 aliphatic heterocycles. The van der Waals surface area contributed by atoms with Gasteiger partial charge in [-0.3, -0.25) is 9.59 Å². The third-order valence-electron chi connectivity index (χ3n) is 4.47. The van der Waals surface area contributed by atoms with Crippen molar-refractivity contribution in [3.63, 3.8) is 0 Å². The molecule has 0 radical (unpaired) electrons. The van der Waals surface area contributed by atoms with E-state index in [-0.39, 0.29) is 11.8 Å². The van der Waals surface area contributed by atoms with Crippen molar-refractivity contribution in [1.29, 1.82) is 0 Å². The molecule has 25 heavy (non-hydrogen) atoms. The molecule has 2 aromatic rings. The lowest BCUT2D eigenvalue weighted by atomic mass is 10.1. The number of hydrogen-bond acceptors (Lipinski definition) is 3. The SMILES string of the molecule is O=C(Cc1ccccc1)N1CCCN(C(=O)c2ccccc2S)CC1. The lowest BCUT2D eigenvalue weighted by molar-refractivity contribution is -0.130. The Balaban J connectivity index is 1.61. The molecule has 2 aromatic carbocycles. The van der Waals surface area contributed by atoms with Gasteiger partial charge >= 0.3 is 0 Å². The van der Waals surface area contributed by atoms with E-state index < -0.39 is 0 Å². The number of amides is 2. The van der Waals surface area contributed by atoms with Crippen molar-refractivity contribution in [3.8, 4) is 0 Å². The molecule has 0 unspecified atom stereocenters. The van der Waals surface area contributed by atoms with E-state index >= 15 is 0 Å². The van der Waals surface area contributed by atoms with Crippen molar-refractivity contribution in [1.82, 2.24) is 9.80 Å². The first-order chi connectivity index (χ1) is 12.1. The second kappa shape index (κ2) is 8.21. The number of carbonyl (C=O) groups excluding carboxylic acids is 2. The number of hydrogen-bond donors (Lipinski definition) is 1. The highest BCUT2D eigenvalue weighted by Crippen LogP contribution is 2.17. The van der Waals surface area contributed by atoms with Crippen molar-refractivity contribution in [2.24, 2.45) is 0 Å². The Kier molecular flexibility index (Phi) is 5.76. The summed E-state index contributed by atoms with van der Waals surface area (Å²) in [6.07, 6.45) is 1.20. The fourth-order valence-electron chi connectivity index (χ4n) is 3.08. The summed E-state index contributed by atoms with van der Waals surface area (Å²) >= 11 is 4.38. The van der Waals surface area contributed by atoms with Crippen molar-refractivity contribution >= 4 is 24.4 Å². The molecule has 1 saturated heterocycles. The summed E-state index contributed by atoms with van der Waals surface area (Å²) in [7, 11) is 0. The van der Waals surface area contributed by atoms with Gasteiger partial charge in [0.05, 0.1) is 12.0 Å². The minimum absolute atomic E-state index is 0.0111. The Morgan fingerprint density at radius 1 is 0.840 bits per heavy atom. The summed E-state index contributed by atoms with van der Waals surface area (Å²) < 4.78 is 0. The largest absolute Gasteiger partial charge is 0.341 e. The first-order valence-corrected chi connectivity index (χ1v) is 8.99. The van der Waals surface area contributed by atoms with Crippen molar-refractivity contribution in [2.75, 3.05) is 26.2 Å². The molecule has 5 heteroatoms. The number of thiol groups is 1. The van der Waals surface area contributed by atoms with Crippen LogP contribution in [0.5, 0.6) is 0 Å². The zero-order valence-electron chi connectivity index (χ0n) is 14.1. The van der Waals surface area contributed by atoms with E-state index in [9.17, 15) is 9.59 Å². The predicted molar refractivity (Wildman–Crippen MR) is 101 cm³/mol. The van der Waals surface area contributed by atoms with Crippen LogP contribution in [0.25, 0.3) is 0 Å². The molecule has 0 bridgehead atoms. The van der Waals surface area contributed by atoms with E-state index in [1.54, 1.807) is 6.07 Å². The van der Waals surface area contributed by atoms with Gasteiger partial charge in [0.2, 0.25) is 5.91 Å². The third kappa shape index (κ3) is 4.42. The molecule has 130 valence electrons. The van der Waals surface area contributed by atoms with Gasteiger partial charge < -0.3 is 9.80 Å². The smallest absolute Gasteiger partial charge is 0.255 e. The summed E-state index contributed by atoms with van der Waals surface area (Å²) in [4.78, 5) is 29.6. The van der Waals surface area contributed by atoms with E-state index in [0.29, 0.717) is 43.1 Å². The average molecular weight is 354 g/mol. The van der Waals surface area contributed by atoms with Gasteiger partial charge in [0.25, 0.3) is 5.91 Å². The lowest BCUT2D eigenvalue weighted by Gasteiger charge is -2.22. The fraction of sp³-hybridized carbons (Fsp3) is 0.300. The maximum atomic E-state index is 12.7. The van der Waals surface area contributed by atoms with Gasteiger partial charge in [0.15, 0.2) is 0 Å². The Labute approximate surface area is 153 Å². The normalized spacial score (nSPS) is 14.9. The maximum absolute atomic E-state index is 12.7. The molecule has 2 amide bonds. The zero-order chi connectivity index (χ0) is 17.6. The monoisotopic (exact) mass is 354 g/mol. The van der Waals surface area contributed by atoms with E-state index in [1.165, 1.54) is 0 Å². The maximum Gasteiger partial charge on any atom is 0.255 e. The zero-order valence-corrected chi connectivity index (χ0v) is 15.0. The van der Waals surface area contributed by atoms with E-state index in [2.05, 4.69) is 12.6 Å². The van der Waals surface area contributed by atoms with E-state index in [1.807, 2.05) is 58.3 Å². The van der Waals surface area contributed by atoms with Crippen molar-refractivity contribution < 1.29 is 9.59 Å². The summed E-state index contributed by atoms with van der Waals surface area (Å²) in [5.41, 5.74) is 1.64. The molecule has 1 heterocycles. The van der Waals surface area contributed by atoms with Crippen molar-refractivity contribution in [2.45, 2.75) is 17.7 Å². The summed E-state index contributed by atoms with van der Waals surface area (Å²) in [5.74, 6) is 0.109. The standard InChI is InChI=1S/C20H22N2O2S/c23-19(15-16-7-2-1-3-8-16)21-11-6-12-22(14-13-21)20(24)17-9-4-5-10-18(17)25/h1-5,7-10,25H,6,11-15H2. The average Bonchev–Trinajstić information content (AvgIpc) is 2.89. The molecule has 0 spiro atoms. The quantitative estimate of drug-likeness (QED) is 0.861. The molecular formula is C20H22N2O2S.